The Morgan fingerprint density at radius 3 is 2.90 bits per heavy atom. The van der Waals surface area contributed by atoms with Crippen LogP contribution in [0.25, 0.3) is 0 Å². The second-order valence-corrected chi connectivity index (χ2v) is 7.46. The maximum Gasteiger partial charge on any atom is 0.108 e. The number of nitrogens with zero attached hydrogens (tertiary/aromatic N) is 1. The summed E-state index contributed by atoms with van der Waals surface area (Å²) in [7, 11) is 0. The fourth-order valence-electron chi connectivity index (χ4n) is 2.78. The zero-order valence-electron chi connectivity index (χ0n) is 12.0. The molecule has 0 aliphatic heterocycles. The maximum atomic E-state index is 9.47. The van der Waals surface area contributed by atoms with Gasteiger partial charge in [-0.2, -0.15) is 17.0 Å². The number of thioether (sulfide) groups is 1. The summed E-state index contributed by atoms with van der Waals surface area (Å²) in [5.41, 5.74) is 0.859. The van der Waals surface area contributed by atoms with Crippen molar-refractivity contribution in [2.45, 2.75) is 55.7 Å². The largest absolute Gasteiger partial charge is 0.297 e. The highest BCUT2D eigenvalue weighted by atomic mass is 35.5. The summed E-state index contributed by atoms with van der Waals surface area (Å²) < 4.78 is 0. The van der Waals surface area contributed by atoms with E-state index in [9.17, 15) is 5.26 Å². The molecule has 0 bridgehead atoms. The molecule has 108 valence electrons. The van der Waals surface area contributed by atoms with Gasteiger partial charge in [-0.05, 0) is 44.7 Å². The van der Waals surface area contributed by atoms with Crippen LogP contribution in [0.4, 0.5) is 0 Å². The quantitative estimate of drug-likeness (QED) is 0.876. The Balaban J connectivity index is 1.90. The van der Waals surface area contributed by atoms with Gasteiger partial charge in [-0.15, -0.1) is 0 Å². The Bertz CT molecular complexity index is 497. The summed E-state index contributed by atoms with van der Waals surface area (Å²) >= 11 is 8.10. The van der Waals surface area contributed by atoms with E-state index in [2.05, 4.69) is 31.3 Å². The van der Waals surface area contributed by atoms with Crippen LogP contribution in [0, 0.1) is 11.3 Å². The Kier molecular flexibility index (Phi) is 5.37. The maximum absolute atomic E-state index is 9.47. The SMILES string of the molecule is CC(C)NC1(C#N)CCC(SCc2ccccc2Cl)C1. The van der Waals surface area contributed by atoms with Crippen molar-refractivity contribution >= 4 is 23.4 Å². The number of nitriles is 1. The predicted molar refractivity (Wildman–Crippen MR) is 87.0 cm³/mol. The molecule has 20 heavy (non-hydrogen) atoms. The molecule has 0 saturated heterocycles. The Morgan fingerprint density at radius 1 is 1.50 bits per heavy atom. The molecule has 1 saturated carbocycles. The smallest absolute Gasteiger partial charge is 0.108 e. The molecule has 0 radical (unpaired) electrons. The van der Waals surface area contributed by atoms with Crippen molar-refractivity contribution in [3.8, 4) is 6.07 Å². The van der Waals surface area contributed by atoms with Gasteiger partial charge in [0.05, 0.1) is 6.07 Å². The molecule has 0 aromatic heterocycles. The third-order valence-electron chi connectivity index (χ3n) is 3.68. The van der Waals surface area contributed by atoms with Gasteiger partial charge in [0.25, 0.3) is 0 Å². The van der Waals surface area contributed by atoms with E-state index in [0.717, 1.165) is 30.0 Å². The molecule has 0 spiro atoms. The van der Waals surface area contributed by atoms with Crippen molar-refractivity contribution in [2.75, 3.05) is 0 Å². The number of hydrogen-bond donors (Lipinski definition) is 1. The summed E-state index contributed by atoms with van der Waals surface area (Å²) in [5.74, 6) is 0.924. The molecule has 4 heteroatoms. The van der Waals surface area contributed by atoms with Crippen LogP contribution in [-0.2, 0) is 5.75 Å². The molecule has 0 amide bonds. The summed E-state index contributed by atoms with van der Waals surface area (Å²) in [5, 5.41) is 14.3. The van der Waals surface area contributed by atoms with Gasteiger partial charge in [-0.25, -0.2) is 0 Å². The topological polar surface area (TPSA) is 35.8 Å². The third kappa shape index (κ3) is 3.91. The molecular formula is C16H21ClN2S. The van der Waals surface area contributed by atoms with Crippen LogP contribution in [0.15, 0.2) is 24.3 Å². The molecule has 1 aliphatic carbocycles. The molecule has 1 fully saturated rings. The fraction of sp³-hybridized carbons (Fsp3) is 0.562. The van der Waals surface area contributed by atoms with Gasteiger partial charge in [0.15, 0.2) is 0 Å². The minimum absolute atomic E-state index is 0.327. The Hall–Kier alpha value is -0.690. The second-order valence-electron chi connectivity index (χ2n) is 5.76. The number of rotatable bonds is 5. The van der Waals surface area contributed by atoms with Crippen molar-refractivity contribution in [2.24, 2.45) is 0 Å². The monoisotopic (exact) mass is 308 g/mol. The number of halogens is 1. The molecule has 2 unspecified atom stereocenters. The van der Waals surface area contributed by atoms with Gasteiger partial charge < -0.3 is 0 Å². The van der Waals surface area contributed by atoms with Gasteiger partial charge in [-0.3, -0.25) is 5.32 Å². The predicted octanol–water partition coefficient (Wildman–Crippen LogP) is 4.39. The van der Waals surface area contributed by atoms with Crippen molar-refractivity contribution in [1.29, 1.82) is 5.26 Å². The molecular weight excluding hydrogens is 288 g/mol. The normalized spacial score (nSPS) is 25.9. The van der Waals surface area contributed by atoms with Crippen molar-refractivity contribution in [3.63, 3.8) is 0 Å². The summed E-state index contributed by atoms with van der Waals surface area (Å²) in [6.07, 6.45) is 2.97. The van der Waals surface area contributed by atoms with Gasteiger partial charge in [-0.1, -0.05) is 29.8 Å². The Labute approximate surface area is 130 Å². The van der Waals surface area contributed by atoms with Gasteiger partial charge in [0.2, 0.25) is 0 Å². The van der Waals surface area contributed by atoms with E-state index >= 15 is 0 Å². The van der Waals surface area contributed by atoms with E-state index in [1.54, 1.807) is 0 Å². The molecule has 1 N–H and O–H groups in total. The van der Waals surface area contributed by atoms with E-state index in [1.165, 1.54) is 5.56 Å². The highest BCUT2D eigenvalue weighted by Gasteiger charge is 2.39. The summed E-state index contributed by atoms with van der Waals surface area (Å²) in [4.78, 5) is 0. The van der Waals surface area contributed by atoms with Crippen molar-refractivity contribution in [3.05, 3.63) is 34.9 Å². The molecule has 2 nitrogen and oxygen atoms in total. The van der Waals surface area contributed by atoms with Crippen LogP contribution in [0.2, 0.25) is 5.02 Å². The van der Waals surface area contributed by atoms with Crippen molar-refractivity contribution in [1.82, 2.24) is 5.32 Å². The lowest BCUT2D eigenvalue weighted by molar-refractivity contribution is 0.386. The molecule has 0 heterocycles. The number of nitrogens with one attached hydrogen (secondary N) is 1. The molecule has 2 rings (SSSR count). The first-order valence-corrected chi connectivity index (χ1v) is 8.51. The minimum atomic E-state index is -0.327. The summed E-state index contributed by atoms with van der Waals surface area (Å²) in [6.45, 7) is 4.20. The first-order valence-electron chi connectivity index (χ1n) is 7.08. The first kappa shape index (κ1) is 15.7. The molecule has 2 atom stereocenters. The van der Waals surface area contributed by atoms with Crippen molar-refractivity contribution < 1.29 is 0 Å². The molecule has 1 aromatic rings. The van der Waals surface area contributed by atoms with E-state index in [4.69, 9.17) is 11.6 Å². The van der Waals surface area contributed by atoms with E-state index in [-0.39, 0.29) is 5.54 Å². The van der Waals surface area contributed by atoms with Gasteiger partial charge in [0.1, 0.15) is 5.54 Å². The lowest BCUT2D eigenvalue weighted by Gasteiger charge is -2.25. The molecule has 1 aromatic carbocycles. The fourth-order valence-corrected chi connectivity index (χ4v) is 4.42. The minimum Gasteiger partial charge on any atom is -0.297 e. The highest BCUT2D eigenvalue weighted by molar-refractivity contribution is 7.99. The average molecular weight is 309 g/mol. The number of hydrogen-bond acceptors (Lipinski definition) is 3. The first-order chi connectivity index (χ1) is 9.54. The highest BCUT2D eigenvalue weighted by Crippen LogP contribution is 2.38. The zero-order valence-corrected chi connectivity index (χ0v) is 13.6. The zero-order chi connectivity index (χ0) is 14.6. The van der Waals surface area contributed by atoms with Crippen LogP contribution in [0.1, 0.15) is 38.7 Å². The van der Waals surface area contributed by atoms with Crippen LogP contribution in [0.3, 0.4) is 0 Å². The summed E-state index contributed by atoms with van der Waals surface area (Å²) in [6, 6.07) is 10.8. The van der Waals surface area contributed by atoms with Crippen LogP contribution < -0.4 is 5.32 Å². The lowest BCUT2D eigenvalue weighted by atomic mass is 9.99. The van der Waals surface area contributed by atoms with Gasteiger partial charge >= 0.3 is 0 Å². The van der Waals surface area contributed by atoms with Crippen LogP contribution in [0.5, 0.6) is 0 Å². The van der Waals surface area contributed by atoms with E-state index < -0.39 is 0 Å². The second kappa shape index (κ2) is 6.85. The standard InChI is InChI=1S/C16H21ClN2S/c1-12(2)19-16(11-18)8-7-14(9-16)20-10-13-5-3-4-6-15(13)17/h3-6,12,14,19H,7-10H2,1-2H3. The number of benzene rings is 1. The third-order valence-corrected chi connectivity index (χ3v) is 5.40. The average Bonchev–Trinajstić information content (AvgIpc) is 2.81. The van der Waals surface area contributed by atoms with E-state index in [1.807, 2.05) is 30.0 Å². The van der Waals surface area contributed by atoms with Crippen LogP contribution in [-0.4, -0.2) is 16.8 Å². The van der Waals surface area contributed by atoms with Gasteiger partial charge in [0, 0.05) is 22.1 Å². The van der Waals surface area contributed by atoms with Crippen LogP contribution >= 0.6 is 23.4 Å². The molecule has 1 aliphatic rings. The van der Waals surface area contributed by atoms with E-state index in [0.29, 0.717) is 11.3 Å². The Morgan fingerprint density at radius 2 is 2.25 bits per heavy atom. The lowest BCUT2D eigenvalue weighted by Crippen LogP contribution is -2.45.